The summed E-state index contributed by atoms with van der Waals surface area (Å²) in [7, 11) is 0. The number of benzene rings is 4. The number of aromatic hydroxyl groups is 1. The predicted octanol–water partition coefficient (Wildman–Crippen LogP) is 8.80. The molecule has 0 fully saturated rings. The fraction of sp³-hybridized carbons (Fsp3) is 0.455. The number of phenolic OH excluding ortho intramolecular Hbond substituents is 1. The lowest BCUT2D eigenvalue weighted by Crippen LogP contribution is -2.03. The highest BCUT2D eigenvalue weighted by Gasteiger charge is 2.19. The van der Waals surface area contributed by atoms with Gasteiger partial charge in [-0.15, -0.1) is 0 Å². The van der Waals surface area contributed by atoms with E-state index in [4.69, 9.17) is 23.7 Å². The van der Waals surface area contributed by atoms with E-state index in [0.717, 1.165) is 70.2 Å². The highest BCUT2D eigenvalue weighted by Crippen LogP contribution is 2.46. The van der Waals surface area contributed by atoms with E-state index >= 15 is 0 Å². The van der Waals surface area contributed by atoms with Crippen LogP contribution in [-0.4, -0.2) is 38.1 Å². The minimum atomic E-state index is 0.115. The predicted molar refractivity (Wildman–Crippen MR) is 160 cm³/mol. The maximum absolute atomic E-state index is 10.9. The Morgan fingerprint density at radius 3 is 0.897 bits per heavy atom. The molecule has 0 heterocycles. The number of fused-ring (bicyclic) bond motifs is 6. The zero-order valence-electron chi connectivity index (χ0n) is 24.0. The molecule has 0 unspecified atom stereocenters. The standard InChI is InChI=1S/C33H42O6/c1-6-11-35-29-17-23-22(16-28(29)34)24-18-30(36-12-7-2)32(38-14-9-4)20-26(24)27-21-33(39-15-10-5)31(19-25(23)27)37-13-8-3/h16-21,34H,6-15H2,1-5H3. The second-order valence-electron chi connectivity index (χ2n) is 9.80. The van der Waals surface area contributed by atoms with Crippen LogP contribution in [0, 0.1) is 0 Å². The molecule has 0 atom stereocenters. The number of rotatable bonds is 15. The first-order valence-electron chi connectivity index (χ1n) is 14.4. The van der Waals surface area contributed by atoms with Gasteiger partial charge in [0, 0.05) is 0 Å². The van der Waals surface area contributed by atoms with Gasteiger partial charge >= 0.3 is 0 Å². The average Bonchev–Trinajstić information content (AvgIpc) is 2.95. The van der Waals surface area contributed by atoms with Crippen LogP contribution in [-0.2, 0) is 0 Å². The monoisotopic (exact) mass is 534 g/mol. The van der Waals surface area contributed by atoms with Crippen molar-refractivity contribution in [2.24, 2.45) is 0 Å². The van der Waals surface area contributed by atoms with Crippen molar-refractivity contribution in [3.8, 4) is 34.5 Å². The topological polar surface area (TPSA) is 66.4 Å². The molecule has 39 heavy (non-hydrogen) atoms. The Labute approximate surface area is 231 Å². The molecule has 1 N–H and O–H groups in total. The Kier molecular flexibility index (Phi) is 9.85. The van der Waals surface area contributed by atoms with E-state index < -0.39 is 0 Å². The molecule has 210 valence electrons. The highest BCUT2D eigenvalue weighted by atomic mass is 16.5. The smallest absolute Gasteiger partial charge is 0.161 e. The molecule has 0 radical (unpaired) electrons. The zero-order valence-corrected chi connectivity index (χ0v) is 24.0. The SMILES string of the molecule is CCCOc1cc2c(cc1O)c1cc(OCCC)c(OCCC)cc1c1cc(OCCC)c(OCCC)cc21. The van der Waals surface area contributed by atoms with Crippen LogP contribution in [0.5, 0.6) is 34.5 Å². The minimum absolute atomic E-state index is 0.115. The first-order chi connectivity index (χ1) is 19.1. The van der Waals surface area contributed by atoms with Crippen molar-refractivity contribution in [1.82, 2.24) is 0 Å². The van der Waals surface area contributed by atoms with Crippen molar-refractivity contribution in [3.63, 3.8) is 0 Å². The molecule has 0 saturated carbocycles. The van der Waals surface area contributed by atoms with Gasteiger partial charge in [-0.25, -0.2) is 0 Å². The molecule has 0 aliphatic heterocycles. The number of hydrogen-bond acceptors (Lipinski definition) is 6. The summed E-state index contributed by atoms with van der Waals surface area (Å²) < 4.78 is 30.6. The molecule has 4 aromatic carbocycles. The Balaban J connectivity index is 2.10. The molecule has 0 aliphatic carbocycles. The second kappa shape index (κ2) is 13.5. The summed E-state index contributed by atoms with van der Waals surface area (Å²) >= 11 is 0. The Morgan fingerprint density at radius 2 is 0.615 bits per heavy atom. The van der Waals surface area contributed by atoms with Crippen LogP contribution in [0.3, 0.4) is 0 Å². The van der Waals surface area contributed by atoms with Crippen molar-refractivity contribution in [2.45, 2.75) is 66.7 Å². The molecule has 0 amide bonds. The number of hydrogen-bond donors (Lipinski definition) is 1. The van der Waals surface area contributed by atoms with Crippen molar-refractivity contribution in [1.29, 1.82) is 0 Å². The van der Waals surface area contributed by atoms with E-state index in [0.29, 0.717) is 56.0 Å². The Bertz CT molecular complexity index is 1370. The maximum Gasteiger partial charge on any atom is 0.161 e. The number of phenols is 1. The third-order valence-corrected chi connectivity index (χ3v) is 6.45. The summed E-state index contributed by atoms with van der Waals surface area (Å²) in [6.07, 6.45) is 4.42. The van der Waals surface area contributed by atoms with Gasteiger partial charge < -0.3 is 28.8 Å². The lowest BCUT2D eigenvalue weighted by Gasteiger charge is -2.19. The van der Waals surface area contributed by atoms with Gasteiger partial charge in [0.2, 0.25) is 0 Å². The molecule has 4 rings (SSSR count). The third-order valence-electron chi connectivity index (χ3n) is 6.45. The maximum atomic E-state index is 10.9. The van der Waals surface area contributed by atoms with Gasteiger partial charge in [0.05, 0.1) is 33.0 Å². The number of ether oxygens (including phenoxy) is 5. The lowest BCUT2D eigenvalue weighted by molar-refractivity contribution is 0.269. The summed E-state index contributed by atoms with van der Waals surface area (Å²) in [5, 5.41) is 16.8. The van der Waals surface area contributed by atoms with E-state index in [1.165, 1.54) is 0 Å². The molecule has 0 aromatic heterocycles. The minimum Gasteiger partial charge on any atom is -0.504 e. The molecule has 6 heteroatoms. The average molecular weight is 535 g/mol. The molecule has 4 aromatic rings. The largest absolute Gasteiger partial charge is 0.504 e. The molecular formula is C33H42O6. The van der Waals surface area contributed by atoms with Crippen molar-refractivity contribution >= 4 is 32.3 Å². The van der Waals surface area contributed by atoms with Crippen LogP contribution in [0.25, 0.3) is 32.3 Å². The van der Waals surface area contributed by atoms with Crippen LogP contribution >= 0.6 is 0 Å². The van der Waals surface area contributed by atoms with Gasteiger partial charge in [0.1, 0.15) is 0 Å². The summed E-state index contributed by atoms with van der Waals surface area (Å²) in [6.45, 7) is 13.3. The van der Waals surface area contributed by atoms with Crippen LogP contribution in [0.4, 0.5) is 0 Å². The van der Waals surface area contributed by atoms with Gasteiger partial charge in [0.15, 0.2) is 34.5 Å². The normalized spacial score (nSPS) is 11.3. The van der Waals surface area contributed by atoms with Crippen molar-refractivity contribution < 1.29 is 28.8 Å². The summed E-state index contributed by atoms with van der Waals surface area (Å²) in [6, 6.07) is 12.0. The van der Waals surface area contributed by atoms with Gasteiger partial charge in [-0.3, -0.25) is 0 Å². The molecule has 6 nitrogen and oxygen atoms in total. The van der Waals surface area contributed by atoms with Gasteiger partial charge in [0.25, 0.3) is 0 Å². The van der Waals surface area contributed by atoms with Gasteiger partial charge in [-0.2, -0.15) is 0 Å². The second-order valence-corrected chi connectivity index (χ2v) is 9.80. The summed E-state index contributed by atoms with van der Waals surface area (Å²) in [5.41, 5.74) is 0. The Morgan fingerprint density at radius 1 is 0.385 bits per heavy atom. The first kappa shape index (κ1) is 28.5. The molecule has 0 saturated heterocycles. The van der Waals surface area contributed by atoms with Crippen LogP contribution in [0.15, 0.2) is 36.4 Å². The van der Waals surface area contributed by atoms with Crippen LogP contribution in [0.1, 0.15) is 66.7 Å². The molecular weight excluding hydrogens is 492 g/mol. The molecule has 0 bridgehead atoms. The lowest BCUT2D eigenvalue weighted by atomic mass is 9.93. The van der Waals surface area contributed by atoms with Crippen LogP contribution in [0.2, 0.25) is 0 Å². The van der Waals surface area contributed by atoms with Gasteiger partial charge in [-0.05, 0) is 101 Å². The quantitative estimate of drug-likeness (QED) is 0.154. The fourth-order valence-electron chi connectivity index (χ4n) is 4.65. The fourth-order valence-corrected chi connectivity index (χ4v) is 4.65. The van der Waals surface area contributed by atoms with E-state index in [2.05, 4.69) is 45.9 Å². The van der Waals surface area contributed by atoms with E-state index in [9.17, 15) is 5.11 Å². The zero-order chi connectivity index (χ0) is 27.8. The van der Waals surface area contributed by atoms with Gasteiger partial charge in [-0.1, -0.05) is 34.6 Å². The highest BCUT2D eigenvalue weighted by molar-refractivity contribution is 6.26. The Hall–Kier alpha value is -3.54. The summed E-state index contributed by atoms with van der Waals surface area (Å²) in [4.78, 5) is 0. The molecule has 0 spiro atoms. The first-order valence-corrected chi connectivity index (χ1v) is 14.4. The van der Waals surface area contributed by atoms with E-state index in [1.807, 2.05) is 19.1 Å². The van der Waals surface area contributed by atoms with E-state index in [-0.39, 0.29) is 5.75 Å². The van der Waals surface area contributed by atoms with Crippen LogP contribution < -0.4 is 23.7 Å². The van der Waals surface area contributed by atoms with Crippen molar-refractivity contribution in [3.05, 3.63) is 36.4 Å². The molecule has 0 aliphatic rings. The van der Waals surface area contributed by atoms with E-state index in [1.54, 1.807) is 6.07 Å². The van der Waals surface area contributed by atoms with Crippen molar-refractivity contribution in [2.75, 3.05) is 33.0 Å². The summed E-state index contributed by atoms with van der Waals surface area (Å²) in [5.74, 6) is 3.44. The third kappa shape index (κ3) is 6.21.